The molecule has 0 fully saturated rings. The second-order valence-electron chi connectivity index (χ2n) is 7.18. The van der Waals surface area contributed by atoms with Gasteiger partial charge in [0.15, 0.2) is 5.76 Å². The summed E-state index contributed by atoms with van der Waals surface area (Å²) < 4.78 is 10.8. The van der Waals surface area contributed by atoms with Gasteiger partial charge in [-0.2, -0.15) is 0 Å². The molecule has 4 aromatic rings. The summed E-state index contributed by atoms with van der Waals surface area (Å²) in [5.74, 6) is 0.343. The maximum absolute atomic E-state index is 13.3. The van der Waals surface area contributed by atoms with Gasteiger partial charge in [-0.05, 0) is 44.8 Å². The Morgan fingerprint density at radius 1 is 1.17 bits per heavy atom. The molecule has 3 aromatic heterocycles. The van der Waals surface area contributed by atoms with E-state index in [9.17, 15) is 4.79 Å². The lowest BCUT2D eigenvalue weighted by atomic mass is 10.0. The van der Waals surface area contributed by atoms with E-state index >= 15 is 0 Å². The molecule has 1 N–H and O–H groups in total. The number of nitrogens with zero attached hydrogens (tertiary/aromatic N) is 3. The third-order valence-electron chi connectivity index (χ3n) is 4.69. The summed E-state index contributed by atoms with van der Waals surface area (Å²) in [7, 11) is 3.96. The van der Waals surface area contributed by atoms with Crippen LogP contribution in [-0.2, 0) is 0 Å². The van der Waals surface area contributed by atoms with E-state index in [0.29, 0.717) is 40.4 Å². The molecule has 0 aliphatic heterocycles. The van der Waals surface area contributed by atoms with Gasteiger partial charge >= 0.3 is 0 Å². The average molecular weight is 390 g/mol. The number of likely N-dealkylation sites (N-methyl/N-ethyl adjacent to an activating group) is 1. The summed E-state index contributed by atoms with van der Waals surface area (Å²) >= 11 is 0. The lowest BCUT2D eigenvalue weighted by Gasteiger charge is -2.23. The predicted molar refractivity (Wildman–Crippen MR) is 109 cm³/mol. The fourth-order valence-electron chi connectivity index (χ4n) is 3.35. The van der Waals surface area contributed by atoms with Gasteiger partial charge in [-0.3, -0.25) is 4.79 Å². The van der Waals surface area contributed by atoms with Crippen molar-refractivity contribution in [2.45, 2.75) is 13.0 Å². The van der Waals surface area contributed by atoms with E-state index in [1.165, 1.54) is 0 Å². The van der Waals surface area contributed by atoms with Gasteiger partial charge in [0.05, 0.1) is 28.9 Å². The van der Waals surface area contributed by atoms with E-state index in [1.54, 1.807) is 31.4 Å². The largest absolute Gasteiger partial charge is 0.463 e. The van der Waals surface area contributed by atoms with Crippen molar-refractivity contribution in [3.8, 4) is 11.5 Å². The zero-order valence-electron chi connectivity index (χ0n) is 16.5. The maximum atomic E-state index is 13.3. The van der Waals surface area contributed by atoms with Crippen molar-refractivity contribution in [3.63, 3.8) is 0 Å². The molecule has 7 heteroatoms. The zero-order valence-corrected chi connectivity index (χ0v) is 16.5. The molecular formula is C22H22N4O3. The van der Waals surface area contributed by atoms with Crippen molar-refractivity contribution in [2.75, 3.05) is 20.6 Å². The highest BCUT2D eigenvalue weighted by Gasteiger charge is 2.23. The van der Waals surface area contributed by atoms with Crippen molar-refractivity contribution in [1.82, 2.24) is 20.4 Å². The van der Waals surface area contributed by atoms with Crippen LogP contribution in [0.2, 0.25) is 0 Å². The average Bonchev–Trinajstić information content (AvgIpc) is 3.37. The van der Waals surface area contributed by atoms with Crippen molar-refractivity contribution in [1.29, 1.82) is 0 Å². The van der Waals surface area contributed by atoms with Crippen molar-refractivity contribution in [2.24, 2.45) is 0 Å². The first kappa shape index (κ1) is 18.9. The van der Waals surface area contributed by atoms with Gasteiger partial charge in [0.2, 0.25) is 0 Å². The predicted octanol–water partition coefficient (Wildman–Crippen LogP) is 3.82. The molecule has 1 atom stereocenters. The van der Waals surface area contributed by atoms with Crippen molar-refractivity contribution in [3.05, 3.63) is 71.6 Å². The van der Waals surface area contributed by atoms with Crippen molar-refractivity contribution < 1.29 is 13.7 Å². The minimum Gasteiger partial charge on any atom is -0.463 e. The minimum absolute atomic E-state index is 0.172. The zero-order chi connectivity index (χ0) is 20.4. The van der Waals surface area contributed by atoms with Crippen LogP contribution < -0.4 is 5.32 Å². The molecule has 29 heavy (non-hydrogen) atoms. The van der Waals surface area contributed by atoms with Crippen LogP contribution in [0.5, 0.6) is 0 Å². The Hall–Kier alpha value is -3.45. The number of carbonyl (C=O) groups is 1. The summed E-state index contributed by atoms with van der Waals surface area (Å²) in [6, 6.07) is 15.0. The third kappa shape index (κ3) is 3.90. The fourth-order valence-corrected chi connectivity index (χ4v) is 3.35. The number of hydrogen-bond acceptors (Lipinski definition) is 6. The number of aryl methyl sites for hydroxylation is 1. The molecule has 7 nitrogen and oxygen atoms in total. The van der Waals surface area contributed by atoms with Crippen LogP contribution in [-0.4, -0.2) is 41.6 Å². The fraction of sp³-hybridized carbons (Fsp3) is 0.227. The molecule has 148 valence electrons. The summed E-state index contributed by atoms with van der Waals surface area (Å²) in [5.41, 5.74) is 2.94. The molecule has 0 saturated heterocycles. The van der Waals surface area contributed by atoms with Gasteiger partial charge in [-0.1, -0.05) is 35.5 Å². The summed E-state index contributed by atoms with van der Waals surface area (Å²) in [6.07, 6.45) is 1.56. The molecule has 0 spiro atoms. The van der Waals surface area contributed by atoms with E-state index in [2.05, 4.69) is 15.5 Å². The van der Waals surface area contributed by atoms with E-state index in [-0.39, 0.29) is 11.9 Å². The summed E-state index contributed by atoms with van der Waals surface area (Å²) in [5, 5.41) is 7.75. The first-order valence-corrected chi connectivity index (χ1v) is 9.34. The number of nitrogens with one attached hydrogen (secondary N) is 1. The Labute approximate surface area is 168 Å². The molecule has 0 aliphatic rings. The van der Waals surface area contributed by atoms with Crippen LogP contribution in [0, 0.1) is 6.92 Å². The summed E-state index contributed by atoms with van der Waals surface area (Å²) in [6.45, 7) is 2.46. The first-order chi connectivity index (χ1) is 14.0. The SMILES string of the molecule is Cc1noc2nc(-c3ccco3)cc(C(=O)NC(CN(C)C)c3ccccc3)c12. The monoisotopic (exact) mass is 390 g/mol. The first-order valence-electron chi connectivity index (χ1n) is 9.34. The van der Waals surface area contributed by atoms with Gasteiger partial charge < -0.3 is 19.2 Å². The van der Waals surface area contributed by atoms with Crippen LogP contribution in [0.1, 0.15) is 27.7 Å². The van der Waals surface area contributed by atoms with Gasteiger partial charge in [-0.15, -0.1) is 0 Å². The summed E-state index contributed by atoms with van der Waals surface area (Å²) in [4.78, 5) is 19.8. The van der Waals surface area contributed by atoms with E-state index in [0.717, 1.165) is 5.56 Å². The second kappa shape index (κ2) is 7.89. The highest BCUT2D eigenvalue weighted by molar-refractivity contribution is 6.07. The molecule has 0 bridgehead atoms. The van der Waals surface area contributed by atoms with Crippen LogP contribution in [0.4, 0.5) is 0 Å². The number of carbonyl (C=O) groups excluding carboxylic acids is 1. The Morgan fingerprint density at radius 2 is 1.97 bits per heavy atom. The number of fused-ring (bicyclic) bond motifs is 1. The topological polar surface area (TPSA) is 84.4 Å². The van der Waals surface area contributed by atoms with E-state index in [1.807, 2.05) is 49.3 Å². The number of benzene rings is 1. The Morgan fingerprint density at radius 3 is 2.66 bits per heavy atom. The highest BCUT2D eigenvalue weighted by atomic mass is 16.5. The van der Waals surface area contributed by atoms with E-state index in [4.69, 9.17) is 8.94 Å². The second-order valence-corrected chi connectivity index (χ2v) is 7.18. The number of furan rings is 1. The molecule has 1 unspecified atom stereocenters. The standard InChI is InChI=1S/C22H22N4O3/c1-14-20-16(12-17(19-10-7-11-28-19)24-22(20)29-25-14)21(27)23-18(13-26(2)3)15-8-5-4-6-9-15/h4-12,18H,13H2,1-3H3,(H,23,27). The van der Waals surface area contributed by atoms with Crippen LogP contribution in [0.3, 0.4) is 0 Å². The minimum atomic E-state index is -0.216. The number of aromatic nitrogens is 2. The number of pyridine rings is 1. The van der Waals surface area contributed by atoms with E-state index < -0.39 is 0 Å². The molecule has 0 saturated carbocycles. The molecule has 0 radical (unpaired) electrons. The molecule has 0 aliphatic carbocycles. The molecule has 3 heterocycles. The van der Waals surface area contributed by atoms with Crippen molar-refractivity contribution >= 4 is 17.0 Å². The lowest BCUT2D eigenvalue weighted by Crippen LogP contribution is -2.35. The number of rotatable bonds is 6. The highest BCUT2D eigenvalue weighted by Crippen LogP contribution is 2.28. The number of hydrogen-bond donors (Lipinski definition) is 1. The smallest absolute Gasteiger partial charge is 0.259 e. The van der Waals surface area contributed by atoms with Gasteiger partial charge in [-0.25, -0.2) is 4.98 Å². The number of amides is 1. The lowest BCUT2D eigenvalue weighted by molar-refractivity contribution is 0.0931. The quantitative estimate of drug-likeness (QED) is 0.539. The molecule has 1 aromatic carbocycles. The normalized spacial score (nSPS) is 12.4. The van der Waals surface area contributed by atoms with Crippen LogP contribution >= 0.6 is 0 Å². The Balaban J connectivity index is 1.74. The van der Waals surface area contributed by atoms with Crippen LogP contribution in [0.15, 0.2) is 63.7 Å². The molecular weight excluding hydrogens is 368 g/mol. The van der Waals surface area contributed by atoms with Crippen LogP contribution in [0.25, 0.3) is 22.6 Å². The van der Waals surface area contributed by atoms with Gasteiger partial charge in [0, 0.05) is 6.54 Å². The molecule has 1 amide bonds. The van der Waals surface area contributed by atoms with Gasteiger partial charge in [0.25, 0.3) is 11.6 Å². The molecule has 4 rings (SSSR count). The Bertz CT molecular complexity index is 1120. The van der Waals surface area contributed by atoms with Gasteiger partial charge in [0.1, 0.15) is 5.69 Å². The Kier molecular flexibility index (Phi) is 5.14. The maximum Gasteiger partial charge on any atom is 0.259 e. The third-order valence-corrected chi connectivity index (χ3v) is 4.69.